The Bertz CT molecular complexity index is 544. The second-order valence-electron chi connectivity index (χ2n) is 5.19. The van der Waals surface area contributed by atoms with Gasteiger partial charge < -0.3 is 10.3 Å². The van der Waals surface area contributed by atoms with Crippen molar-refractivity contribution >= 4 is 0 Å². The van der Waals surface area contributed by atoms with Crippen LogP contribution < -0.4 is 5.73 Å². The number of fused-ring (bicyclic) bond motifs is 1. The fourth-order valence-electron chi connectivity index (χ4n) is 2.94. The van der Waals surface area contributed by atoms with E-state index in [0.29, 0.717) is 5.92 Å². The summed E-state index contributed by atoms with van der Waals surface area (Å²) in [5, 5.41) is 0. The normalized spacial score (nSPS) is 20.4. The highest BCUT2D eigenvalue weighted by Crippen LogP contribution is 2.32. The molecule has 1 heterocycles. The SMILES string of the molecule is Cn1ccnc1C(N)C1CCc2ccccc2C1. The first-order valence-electron chi connectivity index (χ1n) is 6.55. The summed E-state index contributed by atoms with van der Waals surface area (Å²) in [7, 11) is 2.01. The van der Waals surface area contributed by atoms with Gasteiger partial charge in [0, 0.05) is 19.4 Å². The average Bonchev–Trinajstić information content (AvgIpc) is 2.83. The summed E-state index contributed by atoms with van der Waals surface area (Å²) in [4.78, 5) is 4.38. The first-order valence-corrected chi connectivity index (χ1v) is 6.55. The van der Waals surface area contributed by atoms with Crippen LogP contribution in [-0.4, -0.2) is 9.55 Å². The topological polar surface area (TPSA) is 43.8 Å². The second kappa shape index (κ2) is 4.58. The molecule has 1 aromatic heterocycles. The van der Waals surface area contributed by atoms with Crippen molar-refractivity contribution < 1.29 is 0 Å². The van der Waals surface area contributed by atoms with Crippen LogP contribution >= 0.6 is 0 Å². The molecule has 3 nitrogen and oxygen atoms in total. The number of aryl methyl sites for hydroxylation is 2. The minimum Gasteiger partial charge on any atom is -0.337 e. The monoisotopic (exact) mass is 241 g/mol. The molecule has 94 valence electrons. The third-order valence-corrected chi connectivity index (χ3v) is 4.05. The van der Waals surface area contributed by atoms with Crippen LogP contribution in [0.4, 0.5) is 0 Å². The highest BCUT2D eigenvalue weighted by molar-refractivity contribution is 5.30. The van der Waals surface area contributed by atoms with E-state index < -0.39 is 0 Å². The highest BCUT2D eigenvalue weighted by atomic mass is 15.1. The number of aromatic nitrogens is 2. The molecule has 0 spiro atoms. The summed E-state index contributed by atoms with van der Waals surface area (Å²) in [6.45, 7) is 0. The lowest BCUT2D eigenvalue weighted by Crippen LogP contribution is -2.29. The number of hydrogen-bond donors (Lipinski definition) is 1. The smallest absolute Gasteiger partial charge is 0.125 e. The average molecular weight is 241 g/mol. The van der Waals surface area contributed by atoms with E-state index in [0.717, 1.165) is 25.1 Å². The van der Waals surface area contributed by atoms with Crippen molar-refractivity contribution in [2.45, 2.75) is 25.3 Å². The van der Waals surface area contributed by atoms with Gasteiger partial charge in [-0.2, -0.15) is 0 Å². The summed E-state index contributed by atoms with van der Waals surface area (Å²) < 4.78 is 2.03. The summed E-state index contributed by atoms with van der Waals surface area (Å²) in [6.07, 6.45) is 7.16. The Morgan fingerprint density at radius 2 is 2.11 bits per heavy atom. The standard InChI is InChI=1S/C15H19N3/c1-18-9-8-17-15(18)14(16)13-7-6-11-4-2-3-5-12(11)10-13/h2-5,8-9,13-14H,6-7,10,16H2,1H3. The Hall–Kier alpha value is -1.61. The van der Waals surface area contributed by atoms with Gasteiger partial charge >= 0.3 is 0 Å². The number of nitrogens with zero attached hydrogens (tertiary/aromatic N) is 2. The molecule has 0 amide bonds. The van der Waals surface area contributed by atoms with Crippen molar-refractivity contribution in [2.75, 3.05) is 0 Å². The molecule has 1 aromatic carbocycles. The van der Waals surface area contributed by atoms with Crippen molar-refractivity contribution in [3.8, 4) is 0 Å². The first kappa shape index (κ1) is 11.5. The summed E-state index contributed by atoms with van der Waals surface area (Å²) in [5.41, 5.74) is 9.33. The zero-order valence-corrected chi connectivity index (χ0v) is 10.7. The molecule has 0 fully saturated rings. The molecule has 3 rings (SSSR count). The molecular weight excluding hydrogens is 222 g/mol. The van der Waals surface area contributed by atoms with Gasteiger partial charge in [-0.3, -0.25) is 0 Å². The van der Waals surface area contributed by atoms with E-state index in [2.05, 4.69) is 29.2 Å². The van der Waals surface area contributed by atoms with Crippen molar-refractivity contribution in [1.82, 2.24) is 9.55 Å². The number of nitrogens with two attached hydrogens (primary N) is 1. The van der Waals surface area contributed by atoms with Crippen molar-refractivity contribution in [3.63, 3.8) is 0 Å². The maximum Gasteiger partial charge on any atom is 0.125 e. The maximum absolute atomic E-state index is 6.39. The largest absolute Gasteiger partial charge is 0.337 e. The van der Waals surface area contributed by atoms with Gasteiger partial charge in [0.1, 0.15) is 5.82 Å². The number of hydrogen-bond acceptors (Lipinski definition) is 2. The molecule has 2 N–H and O–H groups in total. The molecule has 1 aliphatic rings. The van der Waals surface area contributed by atoms with E-state index in [9.17, 15) is 0 Å². The van der Waals surface area contributed by atoms with Crippen LogP contribution in [0.3, 0.4) is 0 Å². The van der Waals surface area contributed by atoms with Crippen molar-refractivity contribution in [1.29, 1.82) is 0 Å². The third kappa shape index (κ3) is 1.95. The third-order valence-electron chi connectivity index (χ3n) is 4.05. The molecule has 0 saturated carbocycles. The molecule has 0 radical (unpaired) electrons. The van der Waals surface area contributed by atoms with Crippen molar-refractivity contribution in [2.24, 2.45) is 18.7 Å². The molecule has 2 atom stereocenters. The van der Waals surface area contributed by atoms with Crippen LogP contribution in [0.25, 0.3) is 0 Å². The Labute approximate surface area is 108 Å². The van der Waals surface area contributed by atoms with E-state index in [1.54, 1.807) is 0 Å². The Morgan fingerprint density at radius 3 is 2.83 bits per heavy atom. The lowest BCUT2D eigenvalue weighted by molar-refractivity contribution is 0.365. The van der Waals surface area contributed by atoms with E-state index in [1.165, 1.54) is 11.1 Å². The molecular formula is C15H19N3. The van der Waals surface area contributed by atoms with Gasteiger partial charge in [-0.15, -0.1) is 0 Å². The van der Waals surface area contributed by atoms with Gasteiger partial charge in [0.25, 0.3) is 0 Å². The van der Waals surface area contributed by atoms with Crippen LogP contribution in [0, 0.1) is 5.92 Å². The maximum atomic E-state index is 6.39. The number of benzene rings is 1. The Balaban J connectivity index is 1.82. The lowest BCUT2D eigenvalue weighted by atomic mass is 9.80. The number of imidazole rings is 1. The molecule has 1 aliphatic carbocycles. The van der Waals surface area contributed by atoms with Gasteiger partial charge in [-0.1, -0.05) is 24.3 Å². The quantitative estimate of drug-likeness (QED) is 0.876. The van der Waals surface area contributed by atoms with Gasteiger partial charge in [-0.05, 0) is 36.3 Å². The van der Waals surface area contributed by atoms with Gasteiger partial charge in [0.2, 0.25) is 0 Å². The zero-order chi connectivity index (χ0) is 12.5. The van der Waals surface area contributed by atoms with Crippen LogP contribution in [0.1, 0.15) is 29.4 Å². The molecule has 0 aliphatic heterocycles. The molecule has 0 bridgehead atoms. The van der Waals surface area contributed by atoms with Crippen LogP contribution in [-0.2, 0) is 19.9 Å². The van der Waals surface area contributed by atoms with Gasteiger partial charge in [0.15, 0.2) is 0 Å². The summed E-state index contributed by atoms with van der Waals surface area (Å²) in [5.74, 6) is 1.50. The van der Waals surface area contributed by atoms with Crippen LogP contribution in [0.5, 0.6) is 0 Å². The molecule has 18 heavy (non-hydrogen) atoms. The number of rotatable bonds is 2. The predicted molar refractivity (Wildman–Crippen MR) is 72.1 cm³/mol. The molecule has 3 heteroatoms. The first-order chi connectivity index (χ1) is 8.75. The Kier molecular flexibility index (Phi) is 2.92. The Morgan fingerprint density at radius 1 is 1.33 bits per heavy atom. The predicted octanol–water partition coefficient (Wildman–Crippen LogP) is 2.22. The van der Waals surface area contributed by atoms with Crippen LogP contribution in [0.15, 0.2) is 36.7 Å². The molecule has 0 saturated heterocycles. The van der Waals surface area contributed by atoms with E-state index in [-0.39, 0.29) is 6.04 Å². The van der Waals surface area contributed by atoms with Crippen molar-refractivity contribution in [3.05, 3.63) is 53.6 Å². The fraction of sp³-hybridized carbons (Fsp3) is 0.400. The molecule has 2 aromatic rings. The minimum atomic E-state index is 0.0401. The van der Waals surface area contributed by atoms with Crippen LogP contribution in [0.2, 0.25) is 0 Å². The molecule has 2 unspecified atom stereocenters. The van der Waals surface area contributed by atoms with E-state index in [4.69, 9.17) is 5.73 Å². The summed E-state index contributed by atoms with van der Waals surface area (Å²) in [6, 6.07) is 8.74. The van der Waals surface area contributed by atoms with Gasteiger partial charge in [0.05, 0.1) is 6.04 Å². The fourth-order valence-corrected chi connectivity index (χ4v) is 2.94. The lowest BCUT2D eigenvalue weighted by Gasteiger charge is -2.29. The van der Waals surface area contributed by atoms with Gasteiger partial charge in [-0.25, -0.2) is 4.98 Å². The minimum absolute atomic E-state index is 0.0401. The van der Waals surface area contributed by atoms with E-state index >= 15 is 0 Å². The highest BCUT2D eigenvalue weighted by Gasteiger charge is 2.26. The second-order valence-corrected chi connectivity index (χ2v) is 5.19. The van der Waals surface area contributed by atoms with E-state index in [1.807, 2.05) is 24.0 Å². The zero-order valence-electron chi connectivity index (χ0n) is 10.7. The summed E-state index contributed by atoms with van der Waals surface area (Å²) >= 11 is 0.